The Kier molecular flexibility index (Phi) is 7.50. The first-order chi connectivity index (χ1) is 8.99. The fourth-order valence-electron chi connectivity index (χ4n) is 1.52. The Morgan fingerprint density at radius 2 is 1.05 bits per heavy atom. The molecule has 0 aromatic carbocycles. The van der Waals surface area contributed by atoms with Gasteiger partial charge in [-0.3, -0.25) is 0 Å². The number of hydrogen-bond donors (Lipinski definition) is 0. The van der Waals surface area contributed by atoms with Crippen LogP contribution in [0.15, 0.2) is 0 Å². The highest BCUT2D eigenvalue weighted by molar-refractivity contribution is 6.84. The third kappa shape index (κ3) is 6.89. The molecule has 0 spiro atoms. The van der Waals surface area contributed by atoms with Gasteiger partial charge in [-0.15, -0.1) is 0 Å². The fraction of sp³-hybridized carbons (Fsp3) is 1.00. The van der Waals surface area contributed by atoms with Gasteiger partial charge < -0.3 is 6.96 Å². The Balaban J connectivity index is 5.16. The monoisotopic (exact) mass is 346 g/mol. The summed E-state index contributed by atoms with van der Waals surface area (Å²) in [5.41, 5.74) is 0. The van der Waals surface area contributed by atoms with Crippen molar-refractivity contribution in [1.29, 1.82) is 0 Å². The first-order valence-corrected chi connectivity index (χ1v) is 15.9. The molecule has 0 fully saturated rings. The number of hydrogen-bond acceptors (Lipinski definition) is 2. The van der Waals surface area contributed by atoms with E-state index in [0.29, 0.717) is 5.92 Å². The summed E-state index contributed by atoms with van der Waals surface area (Å²) < 4.78 is 13.5. The van der Waals surface area contributed by atoms with E-state index in [0.717, 1.165) is 5.28 Å². The molecule has 0 saturated heterocycles. The van der Waals surface area contributed by atoms with Crippen LogP contribution in [0.2, 0.25) is 41.5 Å². The standard InChI is InChI=1S/2C6H15OSi.C4H9.Al/c2*1-6(2,3)8(4,5)7;1-4(2)3;/h2*1-5H3;4H,1H2,2-3H3;/q2*-1;;+2. The zero-order chi connectivity index (χ0) is 17.3. The maximum absolute atomic E-state index is 6.73. The van der Waals surface area contributed by atoms with Gasteiger partial charge in [-0.2, -0.15) is 0 Å². The van der Waals surface area contributed by atoms with Crippen molar-refractivity contribution in [2.45, 2.75) is 96.9 Å². The van der Waals surface area contributed by atoms with E-state index in [-0.39, 0.29) is 10.1 Å². The van der Waals surface area contributed by atoms with Crippen LogP contribution in [0.5, 0.6) is 0 Å². The van der Waals surface area contributed by atoms with Crippen LogP contribution in [0, 0.1) is 5.92 Å². The van der Waals surface area contributed by atoms with Crippen LogP contribution in [-0.4, -0.2) is 31.5 Å². The van der Waals surface area contributed by atoms with Gasteiger partial charge >= 0.3 is 14.8 Å². The first kappa shape index (κ1) is 21.9. The smallest absolute Gasteiger partial charge is 0.523 e. The van der Waals surface area contributed by atoms with Crippen molar-refractivity contribution >= 4 is 31.5 Å². The highest BCUT2D eigenvalue weighted by Gasteiger charge is 2.47. The summed E-state index contributed by atoms with van der Waals surface area (Å²) in [5.74, 6) is 0.649. The second kappa shape index (κ2) is 7.19. The van der Waals surface area contributed by atoms with Gasteiger partial charge in [0.1, 0.15) is 0 Å². The summed E-state index contributed by atoms with van der Waals surface area (Å²) in [6, 6.07) is 0. The Morgan fingerprint density at radius 1 is 0.762 bits per heavy atom. The minimum absolute atomic E-state index is 0.256. The predicted molar refractivity (Wildman–Crippen MR) is 102 cm³/mol. The van der Waals surface area contributed by atoms with Crippen LogP contribution >= 0.6 is 0 Å². The Bertz CT molecular complexity index is 300. The Morgan fingerprint density at radius 3 is 1.24 bits per heavy atom. The summed E-state index contributed by atoms with van der Waals surface area (Å²) >= 11 is -1.62. The van der Waals surface area contributed by atoms with E-state index in [1.165, 1.54) is 0 Å². The van der Waals surface area contributed by atoms with E-state index in [2.05, 4.69) is 81.6 Å². The molecule has 0 rings (SSSR count). The van der Waals surface area contributed by atoms with Crippen molar-refractivity contribution in [2.24, 2.45) is 5.92 Å². The SMILES string of the molecule is CC(C)[CH2][Al]([O][Si](C)(C)C(C)(C)C)[O][Si](C)(C)C(C)(C)C. The quantitative estimate of drug-likeness (QED) is 0.535. The van der Waals surface area contributed by atoms with Crippen molar-refractivity contribution in [3.05, 3.63) is 0 Å². The van der Waals surface area contributed by atoms with E-state index in [1.54, 1.807) is 0 Å². The lowest BCUT2D eigenvalue weighted by Crippen LogP contribution is -2.52. The van der Waals surface area contributed by atoms with Crippen LogP contribution in [0.3, 0.4) is 0 Å². The molecule has 0 saturated carbocycles. The lowest BCUT2D eigenvalue weighted by atomic mass is 10.2. The van der Waals surface area contributed by atoms with E-state index < -0.39 is 31.5 Å². The van der Waals surface area contributed by atoms with Crippen molar-refractivity contribution in [2.75, 3.05) is 0 Å². The number of rotatable bonds is 6. The van der Waals surface area contributed by atoms with E-state index in [4.69, 9.17) is 6.96 Å². The fourth-order valence-corrected chi connectivity index (χ4v) is 11.8. The van der Waals surface area contributed by atoms with Gasteiger partial charge in [-0.1, -0.05) is 61.3 Å². The molecule has 0 heterocycles. The molecule has 21 heavy (non-hydrogen) atoms. The summed E-state index contributed by atoms with van der Waals surface area (Å²) in [7, 11) is -3.47. The van der Waals surface area contributed by atoms with Gasteiger partial charge in [0.2, 0.25) is 0 Å². The second-order valence-electron chi connectivity index (χ2n) is 9.82. The van der Waals surface area contributed by atoms with Crippen molar-refractivity contribution < 1.29 is 6.96 Å². The highest BCUT2D eigenvalue weighted by atomic mass is 28.4. The molecule has 0 aromatic heterocycles. The minimum atomic E-state index is -1.73. The zero-order valence-corrected chi connectivity index (χ0v) is 19.8. The molecule has 0 radical (unpaired) electrons. The Hall–Kier alpha value is 0.886. The van der Waals surface area contributed by atoms with Gasteiger partial charge in [0, 0.05) is 0 Å². The summed E-state index contributed by atoms with van der Waals surface area (Å²) in [6.45, 7) is 27.8. The van der Waals surface area contributed by atoms with E-state index >= 15 is 0 Å². The molecule has 2 nitrogen and oxygen atoms in total. The molecular weight excluding hydrogens is 307 g/mol. The molecule has 5 heteroatoms. The molecule has 0 unspecified atom stereocenters. The molecular formula is C16H39AlO2Si2. The molecule has 0 aromatic rings. The van der Waals surface area contributed by atoms with E-state index in [1.807, 2.05) is 0 Å². The molecule has 126 valence electrons. The maximum Gasteiger partial charge on any atom is 0.652 e. The molecule has 0 aliphatic heterocycles. The van der Waals surface area contributed by atoms with E-state index in [9.17, 15) is 0 Å². The van der Waals surface area contributed by atoms with Crippen molar-refractivity contribution in [3.63, 3.8) is 0 Å². The molecule has 0 atom stereocenters. The van der Waals surface area contributed by atoms with Crippen LogP contribution in [-0.2, 0) is 6.96 Å². The van der Waals surface area contributed by atoms with Crippen LogP contribution in [0.25, 0.3) is 0 Å². The molecule has 0 aliphatic rings. The topological polar surface area (TPSA) is 18.5 Å². The first-order valence-electron chi connectivity index (χ1n) is 8.35. The summed E-state index contributed by atoms with van der Waals surface area (Å²) in [6.07, 6.45) is 0. The second-order valence-corrected chi connectivity index (χ2v) is 22.1. The average Bonchev–Trinajstić information content (AvgIpc) is 2.09. The van der Waals surface area contributed by atoms with Gasteiger partial charge in [-0.05, 0) is 41.5 Å². The molecule has 0 amide bonds. The average molecular weight is 347 g/mol. The highest BCUT2D eigenvalue weighted by Crippen LogP contribution is 2.40. The molecule has 0 N–H and O–H groups in total. The molecule has 0 bridgehead atoms. The third-order valence-corrected chi connectivity index (χ3v) is 20.5. The summed E-state index contributed by atoms with van der Waals surface area (Å²) in [5, 5.41) is 1.64. The lowest BCUT2D eigenvalue weighted by Gasteiger charge is -2.44. The van der Waals surface area contributed by atoms with Crippen LogP contribution in [0.1, 0.15) is 55.4 Å². The van der Waals surface area contributed by atoms with Crippen LogP contribution < -0.4 is 0 Å². The maximum atomic E-state index is 6.73. The zero-order valence-electron chi connectivity index (χ0n) is 16.7. The van der Waals surface area contributed by atoms with Crippen molar-refractivity contribution in [3.8, 4) is 0 Å². The minimum Gasteiger partial charge on any atom is -0.523 e. The summed E-state index contributed by atoms with van der Waals surface area (Å²) in [4.78, 5) is 0. The lowest BCUT2D eigenvalue weighted by molar-refractivity contribution is 0.369. The van der Waals surface area contributed by atoms with Gasteiger partial charge in [-0.25, -0.2) is 0 Å². The van der Waals surface area contributed by atoms with Crippen molar-refractivity contribution in [1.82, 2.24) is 0 Å². The molecule has 0 aliphatic carbocycles. The Labute approximate surface area is 141 Å². The van der Waals surface area contributed by atoms with Crippen LogP contribution in [0.4, 0.5) is 0 Å². The normalized spacial score (nSPS) is 14.7. The van der Waals surface area contributed by atoms with Gasteiger partial charge in [0.05, 0.1) is 0 Å². The third-order valence-electron chi connectivity index (χ3n) is 5.13. The largest absolute Gasteiger partial charge is 0.652 e. The van der Waals surface area contributed by atoms with Gasteiger partial charge in [0.15, 0.2) is 16.6 Å². The predicted octanol–water partition coefficient (Wildman–Crippen LogP) is 6.17. The van der Waals surface area contributed by atoms with Gasteiger partial charge in [0.25, 0.3) is 0 Å².